The van der Waals surface area contributed by atoms with Crippen molar-refractivity contribution < 1.29 is 19.4 Å². The minimum atomic E-state index is -0.700. The number of halogens is 1. The van der Waals surface area contributed by atoms with Gasteiger partial charge in [0.05, 0.1) is 11.6 Å². The highest BCUT2D eigenvalue weighted by molar-refractivity contribution is 6.46. The summed E-state index contributed by atoms with van der Waals surface area (Å²) in [7, 11) is 0. The topological polar surface area (TPSA) is 70.1 Å². The second kappa shape index (κ2) is 11.2. The smallest absolute Gasteiger partial charge is 0.295 e. The van der Waals surface area contributed by atoms with Crippen LogP contribution in [0.4, 0.5) is 0 Å². The maximum absolute atomic E-state index is 13.1. The summed E-state index contributed by atoms with van der Waals surface area (Å²) < 4.78 is 5.49. The molecular weight excluding hydrogens is 440 g/mol. The highest BCUT2D eigenvalue weighted by atomic mass is 35.5. The summed E-state index contributed by atoms with van der Waals surface area (Å²) in [4.78, 5) is 29.8. The first-order chi connectivity index (χ1) is 15.9. The van der Waals surface area contributed by atoms with Gasteiger partial charge in [-0.15, -0.1) is 0 Å². The molecule has 0 unspecified atom stereocenters. The monoisotopic (exact) mass is 468 g/mol. The molecule has 33 heavy (non-hydrogen) atoms. The van der Waals surface area contributed by atoms with E-state index in [9.17, 15) is 14.7 Å². The summed E-state index contributed by atoms with van der Waals surface area (Å²) in [5.74, 6) is -0.914. The molecule has 1 fully saturated rings. The second-order valence-electron chi connectivity index (χ2n) is 7.69. The fourth-order valence-corrected chi connectivity index (χ4v) is 4.04. The number of carbonyl (C=O) groups is 2. The first-order valence-corrected chi connectivity index (χ1v) is 11.4. The number of aliphatic hydroxyl groups is 1. The molecule has 1 atom stereocenters. The number of hydrogen-bond acceptors (Lipinski definition) is 5. The summed E-state index contributed by atoms with van der Waals surface area (Å²) in [5, 5.41) is 11.7. The van der Waals surface area contributed by atoms with Crippen LogP contribution in [0.25, 0.3) is 5.76 Å². The highest BCUT2D eigenvalue weighted by Gasteiger charge is 2.45. The predicted octanol–water partition coefficient (Wildman–Crippen LogP) is 4.67. The van der Waals surface area contributed by atoms with Crippen molar-refractivity contribution in [1.82, 2.24) is 9.80 Å². The number of carbonyl (C=O) groups excluding carboxylic acids is 2. The van der Waals surface area contributed by atoms with Crippen LogP contribution < -0.4 is 4.74 Å². The summed E-state index contributed by atoms with van der Waals surface area (Å²) in [5.41, 5.74) is 1.22. The standard InChI is InChI=1S/C26H29ClN2O4/c1-4-17-33-21-13-9-19(10-14-21)24(30)22-23(18-7-11-20(27)12-8-18)29(26(32)25(22)31)16-15-28(5-2)6-3/h4,7-14,23,30H,1,5-6,15-17H2,2-3H3/t23-/m0/s1. The lowest BCUT2D eigenvalue weighted by Crippen LogP contribution is -2.38. The van der Waals surface area contributed by atoms with E-state index in [0.29, 0.717) is 41.6 Å². The van der Waals surface area contributed by atoms with E-state index < -0.39 is 17.7 Å². The van der Waals surface area contributed by atoms with Crippen molar-refractivity contribution >= 4 is 29.1 Å². The summed E-state index contributed by atoms with van der Waals surface area (Å²) in [6, 6.07) is 13.0. The Hall–Kier alpha value is -3.09. The Morgan fingerprint density at radius 1 is 1.12 bits per heavy atom. The average Bonchev–Trinajstić information content (AvgIpc) is 3.08. The van der Waals surface area contributed by atoms with Crippen molar-refractivity contribution in [2.75, 3.05) is 32.8 Å². The fourth-order valence-electron chi connectivity index (χ4n) is 3.91. The molecule has 1 amide bonds. The fraction of sp³-hybridized carbons (Fsp3) is 0.308. The van der Waals surface area contributed by atoms with Crippen molar-refractivity contribution in [3.63, 3.8) is 0 Å². The molecule has 7 heteroatoms. The first-order valence-electron chi connectivity index (χ1n) is 11.0. The molecule has 0 aromatic heterocycles. The second-order valence-corrected chi connectivity index (χ2v) is 8.13. The number of ketones is 1. The molecule has 0 spiro atoms. The van der Waals surface area contributed by atoms with Gasteiger partial charge in [0, 0.05) is 23.7 Å². The Balaban J connectivity index is 2.03. The van der Waals surface area contributed by atoms with Crippen LogP contribution in [0.1, 0.15) is 31.0 Å². The lowest BCUT2D eigenvalue weighted by molar-refractivity contribution is -0.140. The Bertz CT molecular complexity index is 1030. The van der Waals surface area contributed by atoms with Gasteiger partial charge < -0.3 is 19.6 Å². The zero-order valence-corrected chi connectivity index (χ0v) is 19.7. The number of amides is 1. The van der Waals surface area contributed by atoms with Gasteiger partial charge in [0.25, 0.3) is 11.7 Å². The van der Waals surface area contributed by atoms with E-state index in [2.05, 4.69) is 25.3 Å². The van der Waals surface area contributed by atoms with Crippen LogP contribution in [0.15, 0.2) is 66.8 Å². The highest BCUT2D eigenvalue weighted by Crippen LogP contribution is 2.39. The van der Waals surface area contributed by atoms with Crippen LogP contribution in [-0.4, -0.2) is 59.4 Å². The third-order valence-electron chi connectivity index (χ3n) is 5.77. The van der Waals surface area contributed by atoms with Gasteiger partial charge >= 0.3 is 0 Å². The largest absolute Gasteiger partial charge is 0.507 e. The van der Waals surface area contributed by atoms with Crippen LogP contribution in [0.3, 0.4) is 0 Å². The predicted molar refractivity (Wildman–Crippen MR) is 130 cm³/mol. The molecule has 2 aromatic rings. The SMILES string of the molecule is C=CCOc1ccc(C(O)=C2C(=O)C(=O)N(CCN(CC)CC)[C@H]2c2ccc(Cl)cc2)cc1. The normalized spacial score (nSPS) is 17.6. The number of ether oxygens (including phenoxy) is 1. The molecule has 3 rings (SSSR count). The molecule has 1 aliphatic rings. The average molecular weight is 469 g/mol. The van der Waals surface area contributed by atoms with Crippen molar-refractivity contribution in [2.24, 2.45) is 0 Å². The van der Waals surface area contributed by atoms with E-state index >= 15 is 0 Å². The maximum Gasteiger partial charge on any atom is 0.295 e. The minimum absolute atomic E-state index is 0.0710. The van der Waals surface area contributed by atoms with Crippen LogP contribution in [-0.2, 0) is 9.59 Å². The van der Waals surface area contributed by atoms with Gasteiger partial charge in [-0.05, 0) is 55.1 Å². The van der Waals surface area contributed by atoms with Crippen LogP contribution in [0.5, 0.6) is 5.75 Å². The van der Waals surface area contributed by atoms with E-state index in [1.165, 1.54) is 4.90 Å². The number of benzene rings is 2. The van der Waals surface area contributed by atoms with Crippen molar-refractivity contribution in [1.29, 1.82) is 0 Å². The summed E-state index contributed by atoms with van der Waals surface area (Å²) >= 11 is 6.06. The van der Waals surface area contributed by atoms with E-state index in [-0.39, 0.29) is 11.3 Å². The quantitative estimate of drug-likeness (QED) is 0.237. The molecule has 2 aromatic carbocycles. The number of Topliss-reactive ketones (excluding diaryl/α,β-unsaturated/α-hetero) is 1. The van der Waals surface area contributed by atoms with Gasteiger partial charge in [0.2, 0.25) is 0 Å². The van der Waals surface area contributed by atoms with Gasteiger partial charge in [-0.3, -0.25) is 9.59 Å². The number of rotatable bonds is 10. The first kappa shape index (κ1) is 24.6. The molecule has 174 valence electrons. The zero-order chi connectivity index (χ0) is 24.0. The lowest BCUT2D eigenvalue weighted by Gasteiger charge is -2.28. The third kappa shape index (κ3) is 5.46. The lowest BCUT2D eigenvalue weighted by atomic mass is 9.95. The number of nitrogens with zero attached hydrogens (tertiary/aromatic N) is 2. The molecule has 6 nitrogen and oxygen atoms in total. The van der Waals surface area contributed by atoms with Crippen molar-refractivity contribution in [3.8, 4) is 5.75 Å². The van der Waals surface area contributed by atoms with Crippen molar-refractivity contribution in [3.05, 3.63) is 82.9 Å². The van der Waals surface area contributed by atoms with Crippen LogP contribution in [0, 0.1) is 0 Å². The Morgan fingerprint density at radius 2 is 1.76 bits per heavy atom. The van der Waals surface area contributed by atoms with Crippen molar-refractivity contribution in [2.45, 2.75) is 19.9 Å². The summed E-state index contributed by atoms with van der Waals surface area (Å²) in [6.07, 6.45) is 1.64. The number of likely N-dealkylation sites (tertiary alicyclic amines) is 1. The van der Waals surface area contributed by atoms with E-state index in [1.54, 1.807) is 54.6 Å². The third-order valence-corrected chi connectivity index (χ3v) is 6.02. The van der Waals surface area contributed by atoms with Gasteiger partial charge in [0.1, 0.15) is 18.1 Å². The molecule has 0 bridgehead atoms. The van der Waals surface area contributed by atoms with Crippen LogP contribution in [0.2, 0.25) is 5.02 Å². The summed E-state index contributed by atoms with van der Waals surface area (Å²) in [6.45, 7) is 10.8. The number of aliphatic hydroxyl groups excluding tert-OH is 1. The molecular formula is C26H29ClN2O4. The Morgan fingerprint density at radius 3 is 2.33 bits per heavy atom. The minimum Gasteiger partial charge on any atom is -0.507 e. The van der Waals surface area contributed by atoms with E-state index in [0.717, 1.165) is 13.1 Å². The van der Waals surface area contributed by atoms with E-state index in [4.69, 9.17) is 16.3 Å². The molecule has 1 heterocycles. The van der Waals surface area contributed by atoms with Gasteiger partial charge in [-0.2, -0.15) is 0 Å². The molecule has 0 radical (unpaired) electrons. The number of hydrogen-bond donors (Lipinski definition) is 1. The van der Waals surface area contributed by atoms with Crippen LogP contribution >= 0.6 is 11.6 Å². The molecule has 1 aliphatic heterocycles. The number of likely N-dealkylation sites (N-methyl/N-ethyl adjacent to an activating group) is 1. The molecule has 1 N–H and O–H groups in total. The molecule has 1 saturated heterocycles. The van der Waals surface area contributed by atoms with Gasteiger partial charge in [-0.25, -0.2) is 0 Å². The zero-order valence-electron chi connectivity index (χ0n) is 19.0. The maximum atomic E-state index is 13.1. The molecule has 0 aliphatic carbocycles. The van der Waals surface area contributed by atoms with Gasteiger partial charge in [-0.1, -0.05) is 50.2 Å². The molecule has 0 saturated carbocycles. The Kier molecular flexibility index (Phi) is 8.31. The van der Waals surface area contributed by atoms with Gasteiger partial charge in [0.15, 0.2) is 0 Å². The van der Waals surface area contributed by atoms with E-state index in [1.807, 2.05) is 0 Å². The Labute approximate surface area is 199 Å².